The van der Waals surface area contributed by atoms with Gasteiger partial charge in [-0.05, 0) is 82.2 Å². The Labute approximate surface area is 187 Å². The van der Waals surface area contributed by atoms with Gasteiger partial charge in [0, 0.05) is 0 Å². The summed E-state index contributed by atoms with van der Waals surface area (Å²) in [5.41, 5.74) is 2.20. The summed E-state index contributed by atoms with van der Waals surface area (Å²) in [7, 11) is 1.43. The third kappa shape index (κ3) is 4.27. The number of hydrogen-bond acceptors (Lipinski definition) is 5. The van der Waals surface area contributed by atoms with Gasteiger partial charge in [0.25, 0.3) is 11.8 Å². The van der Waals surface area contributed by atoms with Gasteiger partial charge in [-0.1, -0.05) is 26.0 Å². The van der Waals surface area contributed by atoms with E-state index in [2.05, 4.69) is 19.2 Å². The molecular weight excluding hydrogens is 503 g/mol. The van der Waals surface area contributed by atoms with Gasteiger partial charge in [-0.25, -0.2) is 0 Å². The van der Waals surface area contributed by atoms with E-state index in [1.807, 2.05) is 34.7 Å². The normalized spacial score (nSPS) is 15.8. The molecule has 8 heteroatoms. The second-order valence-electron chi connectivity index (χ2n) is 6.76. The van der Waals surface area contributed by atoms with Gasteiger partial charge in [0.15, 0.2) is 16.6 Å². The third-order valence-corrected chi connectivity index (χ3v) is 5.61. The predicted octanol–water partition coefficient (Wildman–Crippen LogP) is 3.96. The number of methoxy groups -OCH3 is 1. The summed E-state index contributed by atoms with van der Waals surface area (Å²) in [5.74, 6) is -0.475. The number of benzene rings is 2. The molecular formula is C21H19IN2O4S. The minimum Gasteiger partial charge on any atom is -0.504 e. The van der Waals surface area contributed by atoms with E-state index in [0.29, 0.717) is 20.7 Å². The molecule has 2 amide bonds. The van der Waals surface area contributed by atoms with Gasteiger partial charge >= 0.3 is 0 Å². The summed E-state index contributed by atoms with van der Waals surface area (Å²) in [6.07, 6.45) is 1.46. The number of anilines is 1. The fraction of sp³-hybridized carbons (Fsp3) is 0.190. The molecule has 0 bridgehead atoms. The lowest BCUT2D eigenvalue weighted by atomic mass is 10.0. The fourth-order valence-corrected chi connectivity index (χ4v) is 3.81. The number of thiocarbonyl (C=S) groups is 1. The van der Waals surface area contributed by atoms with E-state index in [1.165, 1.54) is 18.1 Å². The highest BCUT2D eigenvalue weighted by atomic mass is 127. The van der Waals surface area contributed by atoms with E-state index in [-0.39, 0.29) is 22.2 Å². The highest BCUT2D eigenvalue weighted by Gasteiger charge is 2.34. The molecule has 2 aromatic rings. The zero-order valence-electron chi connectivity index (χ0n) is 16.0. The van der Waals surface area contributed by atoms with Crippen LogP contribution in [-0.2, 0) is 9.59 Å². The van der Waals surface area contributed by atoms with Crippen molar-refractivity contribution in [1.29, 1.82) is 0 Å². The van der Waals surface area contributed by atoms with Gasteiger partial charge in [-0.15, -0.1) is 0 Å². The van der Waals surface area contributed by atoms with Crippen LogP contribution in [0.15, 0.2) is 42.0 Å². The smallest absolute Gasteiger partial charge is 0.270 e. The molecule has 3 rings (SSSR count). The van der Waals surface area contributed by atoms with Gasteiger partial charge in [-0.3, -0.25) is 19.8 Å². The van der Waals surface area contributed by atoms with Crippen LogP contribution in [0.4, 0.5) is 5.69 Å². The van der Waals surface area contributed by atoms with Crippen LogP contribution in [0.25, 0.3) is 6.08 Å². The topological polar surface area (TPSA) is 78.9 Å². The average Bonchev–Trinajstić information content (AvgIpc) is 2.68. The maximum absolute atomic E-state index is 13.1. The standard InChI is InChI=1S/C21H19IN2O4S/c1-11(2)13-4-6-14(7-5-13)24-20(27)15(19(26)23-21(24)29)8-12-9-16(22)18(25)17(10-12)28-3/h4-11,25H,1-3H3,(H,23,26,29)/b15-8+. The van der Waals surface area contributed by atoms with Gasteiger partial charge in [0.2, 0.25) is 0 Å². The number of carbonyl (C=O) groups is 2. The van der Waals surface area contributed by atoms with Crippen molar-refractivity contribution in [1.82, 2.24) is 5.32 Å². The molecule has 2 N–H and O–H groups in total. The van der Waals surface area contributed by atoms with Gasteiger partial charge in [0.1, 0.15) is 5.57 Å². The SMILES string of the molecule is COc1cc(/C=C2\C(=O)NC(=S)N(c3ccc(C(C)C)cc3)C2=O)cc(I)c1O. The Morgan fingerprint density at radius 1 is 1.21 bits per heavy atom. The highest BCUT2D eigenvalue weighted by Crippen LogP contribution is 2.33. The Morgan fingerprint density at radius 2 is 1.86 bits per heavy atom. The molecule has 0 aliphatic carbocycles. The number of halogens is 1. The zero-order chi connectivity index (χ0) is 21.3. The molecule has 0 spiro atoms. The number of ether oxygens (including phenoxy) is 1. The van der Waals surface area contributed by atoms with Crippen LogP contribution in [0.2, 0.25) is 0 Å². The quantitative estimate of drug-likeness (QED) is 0.275. The van der Waals surface area contributed by atoms with Crippen molar-refractivity contribution in [3.8, 4) is 11.5 Å². The Morgan fingerprint density at radius 3 is 2.45 bits per heavy atom. The molecule has 1 saturated heterocycles. The van der Waals surface area contributed by atoms with Gasteiger partial charge in [-0.2, -0.15) is 0 Å². The van der Waals surface area contributed by atoms with Crippen molar-refractivity contribution in [3.63, 3.8) is 0 Å². The Kier molecular flexibility index (Phi) is 6.23. The summed E-state index contributed by atoms with van der Waals surface area (Å²) < 4.78 is 5.68. The minimum atomic E-state index is -0.572. The van der Waals surface area contributed by atoms with Crippen LogP contribution >= 0.6 is 34.8 Å². The van der Waals surface area contributed by atoms with Crippen LogP contribution in [-0.4, -0.2) is 29.1 Å². The first-order chi connectivity index (χ1) is 13.7. The summed E-state index contributed by atoms with van der Waals surface area (Å²) in [5, 5.41) is 12.6. The lowest BCUT2D eigenvalue weighted by molar-refractivity contribution is -0.122. The Bertz CT molecular complexity index is 1030. The van der Waals surface area contributed by atoms with Gasteiger partial charge < -0.3 is 9.84 Å². The summed E-state index contributed by atoms with van der Waals surface area (Å²) in [6.45, 7) is 4.17. The molecule has 0 aromatic heterocycles. The second-order valence-corrected chi connectivity index (χ2v) is 8.31. The van der Waals surface area contributed by atoms with E-state index in [0.717, 1.165) is 5.56 Å². The average molecular weight is 522 g/mol. The first-order valence-electron chi connectivity index (χ1n) is 8.80. The molecule has 0 unspecified atom stereocenters. The number of rotatable bonds is 4. The first-order valence-corrected chi connectivity index (χ1v) is 10.3. The molecule has 0 saturated carbocycles. The van der Waals surface area contributed by atoms with Crippen molar-refractivity contribution in [2.24, 2.45) is 0 Å². The fourth-order valence-electron chi connectivity index (χ4n) is 2.90. The summed E-state index contributed by atoms with van der Waals surface area (Å²) >= 11 is 7.19. The largest absolute Gasteiger partial charge is 0.504 e. The number of hydrogen-bond donors (Lipinski definition) is 2. The first kappa shape index (κ1) is 21.3. The Hall–Kier alpha value is -2.46. The molecule has 1 aliphatic rings. The third-order valence-electron chi connectivity index (χ3n) is 4.50. The minimum absolute atomic E-state index is 0.00252. The Balaban J connectivity index is 2.01. The molecule has 1 heterocycles. The molecule has 0 radical (unpaired) electrons. The van der Waals surface area contributed by atoms with E-state index in [9.17, 15) is 14.7 Å². The number of phenolic OH excluding ortho intramolecular Hbond substituents is 1. The number of nitrogens with zero attached hydrogens (tertiary/aromatic N) is 1. The van der Waals surface area contributed by atoms with Gasteiger partial charge in [0.05, 0.1) is 16.4 Å². The number of nitrogens with one attached hydrogen (secondary N) is 1. The molecule has 6 nitrogen and oxygen atoms in total. The molecule has 1 fully saturated rings. The monoisotopic (exact) mass is 522 g/mol. The number of aromatic hydroxyl groups is 1. The predicted molar refractivity (Wildman–Crippen MR) is 124 cm³/mol. The number of amides is 2. The van der Waals surface area contributed by atoms with Crippen molar-refractivity contribution in [2.45, 2.75) is 19.8 Å². The van der Waals surface area contributed by atoms with E-state index in [4.69, 9.17) is 17.0 Å². The molecule has 1 aliphatic heterocycles. The van der Waals surface area contributed by atoms with Crippen molar-refractivity contribution < 1.29 is 19.4 Å². The van der Waals surface area contributed by atoms with E-state index < -0.39 is 11.8 Å². The van der Waals surface area contributed by atoms with Crippen molar-refractivity contribution in [2.75, 3.05) is 12.0 Å². The zero-order valence-corrected chi connectivity index (χ0v) is 19.0. The molecule has 2 aromatic carbocycles. The van der Waals surface area contributed by atoms with Crippen molar-refractivity contribution >= 4 is 63.5 Å². The lowest BCUT2D eigenvalue weighted by Crippen LogP contribution is -2.54. The number of carbonyl (C=O) groups excluding carboxylic acids is 2. The van der Waals surface area contributed by atoms with Crippen LogP contribution < -0.4 is 15.0 Å². The second kappa shape index (κ2) is 8.50. The van der Waals surface area contributed by atoms with E-state index in [1.54, 1.807) is 24.3 Å². The highest BCUT2D eigenvalue weighted by molar-refractivity contribution is 14.1. The van der Waals surface area contributed by atoms with Crippen LogP contribution in [0.3, 0.4) is 0 Å². The van der Waals surface area contributed by atoms with E-state index >= 15 is 0 Å². The van der Waals surface area contributed by atoms with Crippen LogP contribution in [0.1, 0.15) is 30.9 Å². The molecule has 150 valence electrons. The molecule has 29 heavy (non-hydrogen) atoms. The maximum atomic E-state index is 13.1. The molecule has 0 atom stereocenters. The summed E-state index contributed by atoms with van der Waals surface area (Å²) in [4.78, 5) is 26.9. The maximum Gasteiger partial charge on any atom is 0.270 e. The van der Waals surface area contributed by atoms with Crippen molar-refractivity contribution in [3.05, 3.63) is 56.7 Å². The lowest BCUT2D eigenvalue weighted by Gasteiger charge is -2.29. The number of phenols is 1. The summed E-state index contributed by atoms with van der Waals surface area (Å²) in [6, 6.07) is 10.7. The van der Waals surface area contributed by atoms with Crippen LogP contribution in [0.5, 0.6) is 11.5 Å². The van der Waals surface area contributed by atoms with Crippen LogP contribution in [0, 0.1) is 3.57 Å².